The van der Waals surface area contributed by atoms with Crippen LogP contribution in [-0.4, -0.2) is 49.3 Å². The lowest BCUT2D eigenvalue weighted by Gasteiger charge is -2.31. The molecule has 1 unspecified atom stereocenters. The summed E-state index contributed by atoms with van der Waals surface area (Å²) < 4.78 is 60.9. The first-order chi connectivity index (χ1) is 19.2. The van der Waals surface area contributed by atoms with Gasteiger partial charge in [-0.3, -0.25) is 9.69 Å². The number of oxazole rings is 1. The van der Waals surface area contributed by atoms with Crippen LogP contribution in [-0.2, 0) is 35.1 Å². The molecule has 4 rings (SSSR count). The Morgan fingerprint density at radius 1 is 1.15 bits per heavy atom. The zero-order chi connectivity index (χ0) is 28.7. The van der Waals surface area contributed by atoms with E-state index in [1.54, 1.807) is 0 Å². The van der Waals surface area contributed by atoms with Crippen molar-refractivity contribution >= 4 is 5.97 Å². The number of nitrogens with zero attached hydrogens (tertiary/aromatic N) is 2. The van der Waals surface area contributed by atoms with Gasteiger partial charge in [0.25, 0.3) is 0 Å². The number of benzene rings is 2. The number of aryl methyl sites for hydroxylation is 1. The summed E-state index contributed by atoms with van der Waals surface area (Å²) in [5, 5.41) is 0. The smallest absolute Gasteiger partial charge is 0.416 e. The SMILES string of the molecule is CCOC(=O)C1CCCN(Cc2ccc(OCCc3nc(-c4ccc(C(F)(F)F)cc4)oc3OC)c(CC)c2)C1. The summed E-state index contributed by atoms with van der Waals surface area (Å²) in [6, 6.07) is 10.8. The summed E-state index contributed by atoms with van der Waals surface area (Å²) in [4.78, 5) is 18.9. The van der Waals surface area contributed by atoms with Gasteiger partial charge >= 0.3 is 18.1 Å². The minimum absolute atomic E-state index is 0.0739. The number of rotatable bonds is 11. The molecule has 1 atom stereocenters. The number of carbonyl (C=O) groups excluding carboxylic acids is 1. The van der Waals surface area contributed by atoms with Gasteiger partial charge in [-0.2, -0.15) is 13.2 Å². The minimum Gasteiger partial charge on any atom is -0.493 e. The van der Waals surface area contributed by atoms with Crippen LogP contribution >= 0.6 is 0 Å². The van der Waals surface area contributed by atoms with E-state index in [0.717, 1.165) is 61.4 Å². The van der Waals surface area contributed by atoms with Crippen molar-refractivity contribution in [3.8, 4) is 23.1 Å². The van der Waals surface area contributed by atoms with Crippen LogP contribution in [0.1, 0.15) is 49.1 Å². The van der Waals surface area contributed by atoms with Crippen molar-refractivity contribution in [2.75, 3.05) is 33.4 Å². The number of piperidine rings is 1. The van der Waals surface area contributed by atoms with Crippen LogP contribution in [0.25, 0.3) is 11.5 Å². The maximum Gasteiger partial charge on any atom is 0.416 e. The summed E-state index contributed by atoms with van der Waals surface area (Å²) in [6.07, 6.45) is -1.39. The van der Waals surface area contributed by atoms with Gasteiger partial charge in [-0.1, -0.05) is 19.1 Å². The predicted molar refractivity (Wildman–Crippen MR) is 143 cm³/mol. The lowest BCUT2D eigenvalue weighted by Crippen LogP contribution is -2.38. The molecule has 40 heavy (non-hydrogen) atoms. The van der Waals surface area contributed by atoms with E-state index >= 15 is 0 Å². The summed E-state index contributed by atoms with van der Waals surface area (Å²) in [5.41, 5.74) is 2.44. The Morgan fingerprint density at radius 3 is 2.60 bits per heavy atom. The van der Waals surface area contributed by atoms with Crippen molar-refractivity contribution in [2.45, 2.75) is 52.3 Å². The molecule has 1 aliphatic heterocycles. The third kappa shape index (κ3) is 7.35. The van der Waals surface area contributed by atoms with Crippen molar-refractivity contribution in [1.29, 1.82) is 0 Å². The molecule has 0 N–H and O–H groups in total. The monoisotopic (exact) mass is 560 g/mol. The van der Waals surface area contributed by atoms with Crippen LogP contribution in [0.3, 0.4) is 0 Å². The highest BCUT2D eigenvalue weighted by Gasteiger charge is 2.30. The van der Waals surface area contributed by atoms with Gasteiger partial charge in [0.2, 0.25) is 5.89 Å². The molecule has 0 amide bonds. The van der Waals surface area contributed by atoms with Gasteiger partial charge in [-0.05, 0) is 74.2 Å². The number of halogens is 3. The molecule has 0 radical (unpaired) electrons. The van der Waals surface area contributed by atoms with Gasteiger partial charge in [-0.25, -0.2) is 4.98 Å². The Balaban J connectivity index is 1.36. The first-order valence-electron chi connectivity index (χ1n) is 13.6. The van der Waals surface area contributed by atoms with Gasteiger partial charge in [0.15, 0.2) is 0 Å². The Kier molecular flexibility index (Phi) is 9.73. The second-order valence-electron chi connectivity index (χ2n) is 9.75. The maximum absolute atomic E-state index is 12.9. The number of likely N-dealkylation sites (tertiary alicyclic amines) is 1. The van der Waals surface area contributed by atoms with Crippen molar-refractivity contribution in [2.24, 2.45) is 5.92 Å². The van der Waals surface area contributed by atoms with E-state index < -0.39 is 11.7 Å². The average molecular weight is 561 g/mol. The van der Waals surface area contributed by atoms with Gasteiger partial charge < -0.3 is 18.6 Å². The fourth-order valence-electron chi connectivity index (χ4n) is 4.90. The van der Waals surface area contributed by atoms with E-state index in [4.69, 9.17) is 18.6 Å². The number of carbonyl (C=O) groups is 1. The van der Waals surface area contributed by atoms with Gasteiger partial charge in [0.1, 0.15) is 11.4 Å². The van der Waals surface area contributed by atoms with Crippen molar-refractivity contribution < 1.29 is 36.6 Å². The third-order valence-corrected chi connectivity index (χ3v) is 6.94. The van der Waals surface area contributed by atoms with Crippen LogP contribution in [0.4, 0.5) is 13.2 Å². The van der Waals surface area contributed by atoms with Crippen LogP contribution in [0.5, 0.6) is 11.7 Å². The van der Waals surface area contributed by atoms with Gasteiger partial charge in [-0.15, -0.1) is 0 Å². The molecule has 7 nitrogen and oxygen atoms in total. The highest BCUT2D eigenvalue weighted by molar-refractivity contribution is 5.72. The molecule has 10 heteroatoms. The molecule has 1 fully saturated rings. The number of alkyl halides is 3. The standard InChI is InChI=1S/C30H35F3N2O5/c1-4-21-17-20(18-35-15-6-7-23(19-35)28(36)38-5-2)8-13-26(21)39-16-14-25-29(37-3)40-27(34-25)22-9-11-24(12-10-22)30(31,32)33/h8-13,17,23H,4-7,14-16,18-19H2,1-3H3. The van der Waals surface area contributed by atoms with E-state index in [0.29, 0.717) is 37.4 Å². The van der Waals surface area contributed by atoms with Crippen LogP contribution in [0, 0.1) is 5.92 Å². The number of hydrogen-bond donors (Lipinski definition) is 0. The second-order valence-corrected chi connectivity index (χ2v) is 9.75. The summed E-state index contributed by atoms with van der Waals surface area (Å²) in [6.45, 7) is 7.02. The van der Waals surface area contributed by atoms with Gasteiger partial charge in [0, 0.05) is 25.1 Å². The third-order valence-electron chi connectivity index (χ3n) is 6.94. The first-order valence-corrected chi connectivity index (χ1v) is 13.6. The minimum atomic E-state index is -4.41. The molecule has 216 valence electrons. The van der Waals surface area contributed by atoms with Crippen molar-refractivity contribution in [3.05, 3.63) is 64.8 Å². The number of esters is 1. The molecular weight excluding hydrogens is 525 g/mol. The molecule has 2 heterocycles. The van der Waals surface area contributed by atoms with E-state index in [9.17, 15) is 18.0 Å². The fourth-order valence-corrected chi connectivity index (χ4v) is 4.90. The maximum atomic E-state index is 12.9. The normalized spacial score (nSPS) is 16.1. The Hall–Kier alpha value is -3.53. The quantitative estimate of drug-likeness (QED) is 0.254. The van der Waals surface area contributed by atoms with E-state index in [-0.39, 0.29) is 23.7 Å². The second kappa shape index (κ2) is 13.2. The Labute approximate surface area is 232 Å². The molecule has 0 saturated carbocycles. The lowest BCUT2D eigenvalue weighted by atomic mass is 9.97. The van der Waals surface area contributed by atoms with E-state index in [1.807, 2.05) is 19.1 Å². The number of hydrogen-bond acceptors (Lipinski definition) is 7. The summed E-state index contributed by atoms with van der Waals surface area (Å²) in [7, 11) is 1.45. The van der Waals surface area contributed by atoms with Crippen LogP contribution in [0.2, 0.25) is 0 Å². The topological polar surface area (TPSA) is 74.0 Å². The molecular formula is C30H35F3N2O5. The Morgan fingerprint density at radius 2 is 1.93 bits per heavy atom. The number of ether oxygens (including phenoxy) is 3. The molecule has 0 spiro atoms. The largest absolute Gasteiger partial charge is 0.493 e. The highest BCUT2D eigenvalue weighted by atomic mass is 19.4. The summed E-state index contributed by atoms with van der Waals surface area (Å²) >= 11 is 0. The predicted octanol–water partition coefficient (Wildman–Crippen LogP) is 6.33. The zero-order valence-electron chi connectivity index (χ0n) is 23.1. The number of methoxy groups -OCH3 is 1. The van der Waals surface area contributed by atoms with E-state index in [1.165, 1.54) is 19.2 Å². The van der Waals surface area contributed by atoms with Crippen LogP contribution < -0.4 is 9.47 Å². The molecule has 2 aromatic carbocycles. The number of aromatic nitrogens is 1. The van der Waals surface area contributed by atoms with Crippen molar-refractivity contribution in [1.82, 2.24) is 9.88 Å². The molecule has 0 bridgehead atoms. The molecule has 3 aromatic rings. The molecule has 1 aliphatic rings. The van der Waals surface area contributed by atoms with Crippen molar-refractivity contribution in [3.63, 3.8) is 0 Å². The Bertz CT molecular complexity index is 1270. The fraction of sp³-hybridized carbons (Fsp3) is 0.467. The molecule has 1 aromatic heterocycles. The van der Waals surface area contributed by atoms with E-state index in [2.05, 4.69) is 22.9 Å². The zero-order valence-corrected chi connectivity index (χ0v) is 23.1. The first kappa shape index (κ1) is 29.5. The summed E-state index contributed by atoms with van der Waals surface area (Å²) in [5.74, 6) is 0.977. The highest BCUT2D eigenvalue weighted by Crippen LogP contribution is 2.33. The van der Waals surface area contributed by atoms with Gasteiger partial charge in [0.05, 0.1) is 31.8 Å². The molecule has 0 aliphatic carbocycles. The molecule has 1 saturated heterocycles. The average Bonchev–Trinajstić information content (AvgIpc) is 3.36. The van der Waals surface area contributed by atoms with Crippen LogP contribution in [0.15, 0.2) is 46.9 Å². The lowest BCUT2D eigenvalue weighted by molar-refractivity contribution is -0.150.